The SMILES string of the molecule is CC1=C(C)C(=O)C(CCC(C)(O)CCC(=O)NCC(C)(C)O)=C(C)C1=O. The highest BCUT2D eigenvalue weighted by molar-refractivity contribution is 6.24. The maximum absolute atomic E-state index is 12.4. The zero-order chi connectivity index (χ0) is 20.3. The summed E-state index contributed by atoms with van der Waals surface area (Å²) in [6.45, 7) is 9.90. The molecule has 6 nitrogen and oxygen atoms in total. The van der Waals surface area contributed by atoms with Gasteiger partial charge in [-0.2, -0.15) is 0 Å². The van der Waals surface area contributed by atoms with Crippen LogP contribution in [0.2, 0.25) is 0 Å². The number of rotatable bonds is 8. The van der Waals surface area contributed by atoms with Gasteiger partial charge in [0.2, 0.25) is 5.91 Å². The van der Waals surface area contributed by atoms with E-state index in [1.54, 1.807) is 41.5 Å². The number of Topliss-reactive ketones (excluding diaryl/α,β-unsaturated/α-hetero) is 2. The van der Waals surface area contributed by atoms with Crippen molar-refractivity contribution in [3.05, 3.63) is 22.3 Å². The van der Waals surface area contributed by atoms with Crippen LogP contribution in [-0.4, -0.2) is 45.4 Å². The molecule has 0 aromatic rings. The number of aliphatic hydroxyl groups is 2. The molecule has 0 aromatic carbocycles. The van der Waals surface area contributed by atoms with Crippen molar-refractivity contribution in [1.29, 1.82) is 0 Å². The molecule has 0 saturated carbocycles. The summed E-state index contributed by atoms with van der Waals surface area (Å²) in [5.41, 5.74) is -0.291. The summed E-state index contributed by atoms with van der Waals surface area (Å²) in [4.78, 5) is 36.4. The predicted molar refractivity (Wildman–Crippen MR) is 99.5 cm³/mol. The molecule has 1 rings (SSSR count). The van der Waals surface area contributed by atoms with E-state index < -0.39 is 11.2 Å². The Bertz CT molecular complexity index is 662. The predicted octanol–water partition coefficient (Wildman–Crippen LogP) is 1.99. The lowest BCUT2D eigenvalue weighted by Gasteiger charge is -2.26. The molecule has 1 aliphatic carbocycles. The fourth-order valence-electron chi connectivity index (χ4n) is 2.76. The summed E-state index contributed by atoms with van der Waals surface area (Å²) in [6.07, 6.45) is 0.919. The molecule has 0 radical (unpaired) electrons. The summed E-state index contributed by atoms with van der Waals surface area (Å²) in [5.74, 6) is -0.512. The maximum atomic E-state index is 12.4. The first-order valence-corrected chi connectivity index (χ1v) is 8.93. The van der Waals surface area contributed by atoms with Crippen molar-refractivity contribution >= 4 is 17.5 Å². The van der Waals surface area contributed by atoms with Crippen LogP contribution in [0, 0.1) is 0 Å². The van der Waals surface area contributed by atoms with Crippen LogP contribution in [0.25, 0.3) is 0 Å². The minimum absolute atomic E-state index is 0.117. The molecule has 1 amide bonds. The minimum Gasteiger partial charge on any atom is -0.390 e. The summed E-state index contributed by atoms with van der Waals surface area (Å²) in [7, 11) is 0. The van der Waals surface area contributed by atoms with Gasteiger partial charge in [-0.25, -0.2) is 0 Å². The molecular formula is C20H31NO5. The molecule has 0 saturated heterocycles. The molecule has 1 unspecified atom stereocenters. The van der Waals surface area contributed by atoms with Gasteiger partial charge in [0.1, 0.15) is 0 Å². The van der Waals surface area contributed by atoms with Crippen LogP contribution in [0.1, 0.15) is 67.2 Å². The first kappa shape index (κ1) is 22.3. The van der Waals surface area contributed by atoms with Gasteiger partial charge in [-0.15, -0.1) is 0 Å². The number of hydrogen-bond acceptors (Lipinski definition) is 5. The van der Waals surface area contributed by atoms with E-state index >= 15 is 0 Å². The Morgan fingerprint density at radius 3 is 2.00 bits per heavy atom. The smallest absolute Gasteiger partial charge is 0.220 e. The summed E-state index contributed by atoms with van der Waals surface area (Å²) in [5, 5.41) is 22.7. The standard InChI is InChI=1S/C20H31NO5/c1-12-13(2)18(24)15(14(3)17(12)23)7-9-20(6,26)10-8-16(22)21-11-19(4,5)25/h25-26H,7-11H2,1-6H3,(H,21,22). The average molecular weight is 365 g/mol. The summed E-state index contributed by atoms with van der Waals surface area (Å²) in [6, 6.07) is 0. The van der Waals surface area contributed by atoms with Gasteiger partial charge in [0, 0.05) is 35.3 Å². The Morgan fingerprint density at radius 2 is 1.46 bits per heavy atom. The fraction of sp³-hybridized carbons (Fsp3) is 0.650. The van der Waals surface area contributed by atoms with Gasteiger partial charge in [-0.3, -0.25) is 14.4 Å². The second-order valence-corrected chi connectivity index (χ2v) is 8.10. The largest absolute Gasteiger partial charge is 0.390 e. The van der Waals surface area contributed by atoms with Gasteiger partial charge in [-0.05, 0) is 60.8 Å². The van der Waals surface area contributed by atoms with E-state index in [0.29, 0.717) is 28.7 Å². The topological polar surface area (TPSA) is 104 Å². The van der Waals surface area contributed by atoms with Crippen LogP contribution in [0.3, 0.4) is 0 Å². The van der Waals surface area contributed by atoms with E-state index in [1.807, 2.05) is 0 Å². The normalized spacial score (nSPS) is 18.3. The monoisotopic (exact) mass is 365 g/mol. The molecule has 1 atom stereocenters. The second kappa shape index (κ2) is 8.27. The fourth-order valence-corrected chi connectivity index (χ4v) is 2.76. The third-order valence-electron chi connectivity index (χ3n) is 4.83. The van der Waals surface area contributed by atoms with Gasteiger partial charge in [0.05, 0.1) is 11.2 Å². The van der Waals surface area contributed by atoms with Crippen molar-refractivity contribution in [2.24, 2.45) is 0 Å². The third-order valence-corrected chi connectivity index (χ3v) is 4.83. The first-order valence-electron chi connectivity index (χ1n) is 8.93. The Hall–Kier alpha value is -1.79. The molecule has 0 aliphatic heterocycles. The van der Waals surface area contributed by atoms with Gasteiger partial charge in [-0.1, -0.05) is 0 Å². The summed E-state index contributed by atoms with van der Waals surface area (Å²) >= 11 is 0. The lowest BCUT2D eigenvalue weighted by molar-refractivity contribution is -0.123. The molecular weight excluding hydrogens is 334 g/mol. The van der Waals surface area contributed by atoms with Crippen LogP contribution in [0.15, 0.2) is 22.3 Å². The van der Waals surface area contributed by atoms with Crippen LogP contribution in [-0.2, 0) is 14.4 Å². The van der Waals surface area contributed by atoms with E-state index in [1.165, 1.54) is 0 Å². The highest BCUT2D eigenvalue weighted by Gasteiger charge is 2.30. The van der Waals surface area contributed by atoms with Crippen molar-refractivity contribution in [1.82, 2.24) is 5.32 Å². The van der Waals surface area contributed by atoms with Crippen LogP contribution in [0.5, 0.6) is 0 Å². The van der Waals surface area contributed by atoms with E-state index in [-0.39, 0.29) is 43.3 Å². The minimum atomic E-state index is -1.13. The Balaban J connectivity index is 2.62. The average Bonchev–Trinajstić information content (AvgIpc) is 2.54. The molecule has 26 heavy (non-hydrogen) atoms. The zero-order valence-electron chi connectivity index (χ0n) is 16.7. The zero-order valence-corrected chi connectivity index (χ0v) is 16.7. The molecule has 1 aliphatic rings. The lowest BCUT2D eigenvalue weighted by atomic mass is 9.82. The summed E-state index contributed by atoms with van der Waals surface area (Å²) < 4.78 is 0. The highest BCUT2D eigenvalue weighted by Crippen LogP contribution is 2.30. The van der Waals surface area contributed by atoms with Crippen molar-refractivity contribution in [3.63, 3.8) is 0 Å². The molecule has 0 spiro atoms. The first-order chi connectivity index (χ1) is 11.7. The quantitative estimate of drug-likeness (QED) is 0.571. The van der Waals surface area contributed by atoms with Gasteiger partial charge in [0.15, 0.2) is 11.6 Å². The van der Waals surface area contributed by atoms with E-state index in [2.05, 4.69) is 5.32 Å². The molecule has 0 aromatic heterocycles. The lowest BCUT2D eigenvalue weighted by Crippen LogP contribution is -2.39. The van der Waals surface area contributed by atoms with Crippen LogP contribution < -0.4 is 5.32 Å². The van der Waals surface area contributed by atoms with Gasteiger partial charge < -0.3 is 15.5 Å². The van der Waals surface area contributed by atoms with E-state index in [0.717, 1.165) is 0 Å². The Kier molecular flexibility index (Phi) is 7.08. The number of ketones is 2. The Morgan fingerprint density at radius 1 is 0.923 bits per heavy atom. The number of carbonyl (C=O) groups is 3. The molecule has 0 heterocycles. The number of nitrogens with one attached hydrogen (secondary N) is 1. The van der Waals surface area contributed by atoms with Crippen molar-refractivity contribution < 1.29 is 24.6 Å². The molecule has 6 heteroatoms. The third kappa shape index (κ3) is 6.18. The molecule has 0 fully saturated rings. The number of allylic oxidation sites excluding steroid dienone is 4. The van der Waals surface area contributed by atoms with Crippen molar-refractivity contribution in [2.45, 2.75) is 78.4 Å². The molecule has 0 bridgehead atoms. The van der Waals surface area contributed by atoms with E-state index in [4.69, 9.17) is 0 Å². The van der Waals surface area contributed by atoms with Gasteiger partial charge >= 0.3 is 0 Å². The molecule has 3 N–H and O–H groups in total. The number of hydrogen-bond donors (Lipinski definition) is 3. The number of amides is 1. The maximum Gasteiger partial charge on any atom is 0.220 e. The highest BCUT2D eigenvalue weighted by atomic mass is 16.3. The van der Waals surface area contributed by atoms with Crippen molar-refractivity contribution in [3.8, 4) is 0 Å². The Labute approximate surface area is 155 Å². The van der Waals surface area contributed by atoms with Crippen LogP contribution in [0.4, 0.5) is 0 Å². The number of carbonyl (C=O) groups excluding carboxylic acids is 3. The van der Waals surface area contributed by atoms with Crippen molar-refractivity contribution in [2.75, 3.05) is 6.54 Å². The van der Waals surface area contributed by atoms with E-state index in [9.17, 15) is 24.6 Å². The van der Waals surface area contributed by atoms with Gasteiger partial charge in [0.25, 0.3) is 0 Å². The van der Waals surface area contributed by atoms with Crippen LogP contribution >= 0.6 is 0 Å². The molecule has 146 valence electrons. The second-order valence-electron chi connectivity index (χ2n) is 8.10.